The van der Waals surface area contributed by atoms with Crippen molar-refractivity contribution in [3.63, 3.8) is 0 Å². The van der Waals surface area contributed by atoms with E-state index < -0.39 is 0 Å². The Hall–Kier alpha value is -1.93. The summed E-state index contributed by atoms with van der Waals surface area (Å²) < 4.78 is 6.53. The number of morpholine rings is 1. The Morgan fingerprint density at radius 3 is 2.64 bits per heavy atom. The minimum absolute atomic E-state index is 0.0000291. The van der Waals surface area contributed by atoms with E-state index in [1.807, 2.05) is 59.7 Å². The topological polar surface area (TPSA) is 45.7 Å². The molecule has 1 amide bonds. The molecule has 28 heavy (non-hydrogen) atoms. The van der Waals surface area contributed by atoms with E-state index in [1.54, 1.807) is 23.1 Å². The number of benzene rings is 2. The number of carbonyl (C=O) groups excluding carboxylic acids is 1. The largest absolute Gasteiger partial charge is 0.379 e. The van der Waals surface area contributed by atoms with Gasteiger partial charge in [0.2, 0.25) is 0 Å². The highest BCUT2D eigenvalue weighted by atomic mass is 32.2. The number of rotatable bonds is 6. The summed E-state index contributed by atoms with van der Waals surface area (Å²) >= 11 is 3.24. The number of ether oxygens (including phenoxy) is 1. The average Bonchev–Trinajstić information content (AvgIpc) is 3.18. The molecule has 2 heterocycles. The number of carbonyl (C=O) groups is 1. The van der Waals surface area contributed by atoms with Crippen LogP contribution in [0.1, 0.15) is 10.4 Å². The van der Waals surface area contributed by atoms with Gasteiger partial charge in [-0.25, -0.2) is 4.98 Å². The van der Waals surface area contributed by atoms with E-state index in [9.17, 15) is 4.79 Å². The highest BCUT2D eigenvalue weighted by Gasteiger charge is 2.22. The van der Waals surface area contributed by atoms with Gasteiger partial charge in [-0.05, 0) is 42.7 Å². The van der Waals surface area contributed by atoms with Crippen LogP contribution in [0.2, 0.25) is 0 Å². The number of hydrogen-bond donors (Lipinski definition) is 0. The predicted molar refractivity (Wildman–Crippen MR) is 117 cm³/mol. The monoisotopic (exact) mass is 413 g/mol. The van der Waals surface area contributed by atoms with Gasteiger partial charge in [0, 0.05) is 36.6 Å². The Morgan fingerprint density at radius 1 is 1.18 bits per heavy atom. The Morgan fingerprint density at radius 2 is 1.93 bits per heavy atom. The molecule has 1 aliphatic rings. The standard InChI is InChI=1S/C21H23N3O2S2/c1-27-17-8-6-16(7-9-17)20(25)24(11-10-23-12-14-26-15-13-23)21-22-18-4-2-3-5-19(18)28-21/h2-9H,10-15H2,1H3. The second kappa shape index (κ2) is 9.05. The summed E-state index contributed by atoms with van der Waals surface area (Å²) in [5.74, 6) is -0.0000291. The molecule has 0 N–H and O–H groups in total. The maximum absolute atomic E-state index is 13.3. The first-order valence-corrected chi connectivity index (χ1v) is 11.4. The van der Waals surface area contributed by atoms with E-state index >= 15 is 0 Å². The summed E-state index contributed by atoms with van der Waals surface area (Å²) in [6.45, 7) is 4.75. The second-order valence-corrected chi connectivity index (χ2v) is 8.49. The van der Waals surface area contributed by atoms with Crippen molar-refractivity contribution in [3.05, 3.63) is 54.1 Å². The average molecular weight is 414 g/mol. The fourth-order valence-electron chi connectivity index (χ4n) is 3.22. The fourth-order valence-corrected chi connectivity index (χ4v) is 4.61. The van der Waals surface area contributed by atoms with Crippen molar-refractivity contribution in [2.45, 2.75) is 4.90 Å². The number of thiazole rings is 1. The van der Waals surface area contributed by atoms with E-state index in [1.165, 1.54) is 0 Å². The van der Waals surface area contributed by atoms with Crippen molar-refractivity contribution in [2.24, 2.45) is 0 Å². The minimum atomic E-state index is -0.0000291. The maximum atomic E-state index is 13.3. The molecule has 1 saturated heterocycles. The SMILES string of the molecule is CSc1ccc(C(=O)N(CCN2CCOCC2)c2nc3ccccc3s2)cc1. The maximum Gasteiger partial charge on any atom is 0.260 e. The van der Waals surface area contributed by atoms with Gasteiger partial charge in [0.05, 0.1) is 23.4 Å². The van der Waals surface area contributed by atoms with Gasteiger partial charge < -0.3 is 4.74 Å². The number of fused-ring (bicyclic) bond motifs is 1. The molecular formula is C21H23N3O2S2. The van der Waals surface area contributed by atoms with Crippen LogP contribution in [0.5, 0.6) is 0 Å². The van der Waals surface area contributed by atoms with Crippen LogP contribution in [-0.2, 0) is 4.74 Å². The molecule has 5 nitrogen and oxygen atoms in total. The third-order valence-corrected chi connectivity index (χ3v) is 6.64. The van der Waals surface area contributed by atoms with Crippen LogP contribution in [0.4, 0.5) is 5.13 Å². The molecule has 7 heteroatoms. The summed E-state index contributed by atoms with van der Waals surface area (Å²) in [6, 6.07) is 15.8. The Bertz CT molecular complexity index is 903. The van der Waals surface area contributed by atoms with Crippen LogP contribution >= 0.6 is 23.1 Å². The van der Waals surface area contributed by atoms with Crippen LogP contribution in [-0.4, -0.2) is 61.4 Å². The van der Waals surface area contributed by atoms with Crippen molar-refractivity contribution in [1.82, 2.24) is 9.88 Å². The number of para-hydroxylation sites is 1. The van der Waals surface area contributed by atoms with Crippen molar-refractivity contribution >= 4 is 44.4 Å². The normalized spacial score (nSPS) is 15.0. The third kappa shape index (κ3) is 4.38. The lowest BCUT2D eigenvalue weighted by molar-refractivity contribution is 0.0391. The lowest BCUT2D eigenvalue weighted by Crippen LogP contribution is -2.43. The Balaban J connectivity index is 1.60. The molecule has 2 aromatic carbocycles. The molecule has 0 bridgehead atoms. The molecule has 1 fully saturated rings. The number of nitrogens with zero attached hydrogens (tertiary/aromatic N) is 3. The molecule has 3 aromatic rings. The molecule has 1 aromatic heterocycles. The van der Waals surface area contributed by atoms with Crippen LogP contribution in [0.25, 0.3) is 10.2 Å². The quantitative estimate of drug-likeness (QED) is 0.572. The first kappa shape index (κ1) is 19.4. The van der Waals surface area contributed by atoms with Crippen LogP contribution in [0.15, 0.2) is 53.4 Å². The van der Waals surface area contributed by atoms with E-state index in [-0.39, 0.29) is 5.91 Å². The zero-order chi connectivity index (χ0) is 19.3. The first-order valence-electron chi connectivity index (χ1n) is 9.36. The van der Waals surface area contributed by atoms with Crippen molar-refractivity contribution in [3.8, 4) is 0 Å². The molecule has 0 atom stereocenters. The van der Waals surface area contributed by atoms with Crippen molar-refractivity contribution in [1.29, 1.82) is 0 Å². The summed E-state index contributed by atoms with van der Waals surface area (Å²) in [7, 11) is 0. The molecule has 0 unspecified atom stereocenters. The highest BCUT2D eigenvalue weighted by molar-refractivity contribution is 7.98. The molecule has 1 aliphatic heterocycles. The molecular weight excluding hydrogens is 390 g/mol. The predicted octanol–water partition coefficient (Wildman–Crippen LogP) is 4.00. The lowest BCUT2D eigenvalue weighted by Gasteiger charge is -2.29. The van der Waals surface area contributed by atoms with Crippen LogP contribution in [0, 0.1) is 0 Å². The summed E-state index contributed by atoms with van der Waals surface area (Å²) in [5.41, 5.74) is 1.63. The third-order valence-electron chi connectivity index (χ3n) is 4.84. The van der Waals surface area contributed by atoms with Crippen molar-refractivity contribution in [2.75, 3.05) is 50.5 Å². The summed E-state index contributed by atoms with van der Waals surface area (Å²) in [6.07, 6.45) is 2.03. The number of aromatic nitrogens is 1. The summed E-state index contributed by atoms with van der Waals surface area (Å²) in [5, 5.41) is 0.758. The lowest BCUT2D eigenvalue weighted by atomic mass is 10.2. The first-order chi connectivity index (χ1) is 13.7. The van der Waals surface area contributed by atoms with E-state index in [0.29, 0.717) is 12.1 Å². The smallest absolute Gasteiger partial charge is 0.260 e. The van der Waals surface area contributed by atoms with Crippen LogP contribution < -0.4 is 4.90 Å². The molecule has 0 saturated carbocycles. The van der Waals surface area contributed by atoms with Gasteiger partial charge >= 0.3 is 0 Å². The van der Waals surface area contributed by atoms with E-state index in [2.05, 4.69) is 4.90 Å². The summed E-state index contributed by atoms with van der Waals surface area (Å²) in [4.78, 5) is 23.4. The zero-order valence-corrected chi connectivity index (χ0v) is 17.5. The van der Waals surface area contributed by atoms with Gasteiger partial charge in [0.15, 0.2) is 5.13 Å². The van der Waals surface area contributed by atoms with E-state index in [0.717, 1.165) is 53.1 Å². The van der Waals surface area contributed by atoms with Gasteiger partial charge in [0.25, 0.3) is 5.91 Å². The van der Waals surface area contributed by atoms with Crippen molar-refractivity contribution < 1.29 is 9.53 Å². The fraction of sp³-hybridized carbons (Fsp3) is 0.333. The number of anilines is 1. The van der Waals surface area contributed by atoms with Crippen LogP contribution in [0.3, 0.4) is 0 Å². The highest BCUT2D eigenvalue weighted by Crippen LogP contribution is 2.29. The number of hydrogen-bond acceptors (Lipinski definition) is 6. The Kier molecular flexibility index (Phi) is 6.26. The molecule has 4 rings (SSSR count). The van der Waals surface area contributed by atoms with Gasteiger partial charge in [-0.2, -0.15) is 0 Å². The van der Waals surface area contributed by atoms with E-state index in [4.69, 9.17) is 9.72 Å². The minimum Gasteiger partial charge on any atom is -0.379 e. The molecule has 0 spiro atoms. The van der Waals surface area contributed by atoms with Gasteiger partial charge in [0.1, 0.15) is 0 Å². The number of amides is 1. The second-order valence-electron chi connectivity index (χ2n) is 6.60. The molecule has 0 aliphatic carbocycles. The molecule has 146 valence electrons. The van der Waals surface area contributed by atoms with Gasteiger partial charge in [-0.3, -0.25) is 14.6 Å². The van der Waals surface area contributed by atoms with Gasteiger partial charge in [-0.15, -0.1) is 11.8 Å². The zero-order valence-electron chi connectivity index (χ0n) is 15.8. The van der Waals surface area contributed by atoms with Gasteiger partial charge in [-0.1, -0.05) is 23.5 Å². The molecule has 0 radical (unpaired) electrons. The Labute approximate surface area is 173 Å². The number of thioether (sulfide) groups is 1.